The molecule has 0 heterocycles. The lowest BCUT2D eigenvalue weighted by molar-refractivity contribution is -0.201. The van der Waals surface area contributed by atoms with Crippen LogP contribution in [0, 0.1) is 34.5 Å². The Hall–Kier alpha value is -2.05. The van der Waals surface area contributed by atoms with Gasteiger partial charge in [0.25, 0.3) is 0 Å². The van der Waals surface area contributed by atoms with Crippen LogP contribution in [0.5, 0.6) is 0 Å². The van der Waals surface area contributed by atoms with Crippen molar-refractivity contribution in [3.63, 3.8) is 0 Å². The van der Waals surface area contributed by atoms with E-state index in [2.05, 4.69) is 13.0 Å². The molecule has 6 nitrogen and oxygen atoms in total. The summed E-state index contributed by atoms with van der Waals surface area (Å²) in [7, 11) is 0. The molecule has 0 aromatic heterocycles. The van der Waals surface area contributed by atoms with E-state index in [1.165, 1.54) is 0 Å². The third-order valence-corrected chi connectivity index (χ3v) is 8.72. The van der Waals surface area contributed by atoms with Crippen LogP contribution >= 0.6 is 0 Å². The minimum Gasteiger partial charge on any atom is -0.450 e. The van der Waals surface area contributed by atoms with Gasteiger partial charge >= 0.3 is 5.97 Å². The van der Waals surface area contributed by atoms with Crippen molar-refractivity contribution < 1.29 is 29.3 Å². The van der Waals surface area contributed by atoms with Gasteiger partial charge in [0, 0.05) is 29.1 Å². The Morgan fingerprint density at radius 1 is 1.26 bits per heavy atom. The molecule has 2 unspecified atom stereocenters. The van der Waals surface area contributed by atoms with Gasteiger partial charge in [-0.25, -0.2) is 0 Å². The molecule has 4 aliphatic carbocycles. The van der Waals surface area contributed by atoms with Gasteiger partial charge in [0.2, 0.25) is 5.78 Å². The van der Waals surface area contributed by atoms with E-state index in [0.29, 0.717) is 6.42 Å². The van der Waals surface area contributed by atoms with Crippen LogP contribution in [-0.2, 0) is 19.1 Å². The number of carbonyl (C=O) groups is 3. The first-order valence-electron chi connectivity index (χ1n) is 11.2. The number of hydrogen-bond acceptors (Lipinski definition) is 6. The number of esters is 1. The van der Waals surface area contributed by atoms with Crippen LogP contribution in [0.4, 0.5) is 0 Å². The summed E-state index contributed by atoms with van der Waals surface area (Å²) in [5.41, 5.74) is -1.86. The molecule has 4 aliphatic rings. The molecule has 4 rings (SSSR count). The van der Waals surface area contributed by atoms with Gasteiger partial charge in [0.05, 0.1) is 6.10 Å². The number of rotatable bonds is 4. The average molecular weight is 429 g/mol. The van der Waals surface area contributed by atoms with Crippen molar-refractivity contribution in [1.29, 1.82) is 0 Å². The number of hydrogen-bond donors (Lipinski definition) is 2. The molecular weight excluding hydrogens is 396 g/mol. The molecule has 8 atom stereocenters. The zero-order valence-electron chi connectivity index (χ0n) is 18.6. The van der Waals surface area contributed by atoms with Gasteiger partial charge in [-0.05, 0) is 42.4 Å². The van der Waals surface area contributed by atoms with Gasteiger partial charge in [-0.1, -0.05) is 45.9 Å². The van der Waals surface area contributed by atoms with E-state index >= 15 is 0 Å². The zero-order chi connectivity index (χ0) is 22.8. The second-order valence-electron chi connectivity index (χ2n) is 10.2. The van der Waals surface area contributed by atoms with Crippen molar-refractivity contribution >= 4 is 17.5 Å². The van der Waals surface area contributed by atoms with Crippen LogP contribution in [-0.4, -0.2) is 46.1 Å². The summed E-state index contributed by atoms with van der Waals surface area (Å²) in [5, 5.41) is 21.3. The summed E-state index contributed by atoms with van der Waals surface area (Å²) < 4.78 is 5.91. The van der Waals surface area contributed by atoms with Crippen LogP contribution in [0.25, 0.3) is 0 Å². The van der Waals surface area contributed by atoms with E-state index in [1.54, 1.807) is 19.1 Å². The van der Waals surface area contributed by atoms with E-state index in [0.717, 1.165) is 5.57 Å². The predicted molar refractivity (Wildman–Crippen MR) is 114 cm³/mol. The minimum atomic E-state index is -1.46. The van der Waals surface area contributed by atoms with Crippen LogP contribution in [0.2, 0.25) is 0 Å². The summed E-state index contributed by atoms with van der Waals surface area (Å²) in [5.74, 6) is -1.53. The molecule has 0 amide bonds. The lowest BCUT2D eigenvalue weighted by atomic mass is 9.47. The van der Waals surface area contributed by atoms with Crippen molar-refractivity contribution in [2.24, 2.45) is 34.5 Å². The first-order valence-corrected chi connectivity index (χ1v) is 11.2. The Labute approximate surface area is 183 Å². The number of ketones is 2. The number of fused-ring (bicyclic) bond motifs is 5. The van der Waals surface area contributed by atoms with Crippen LogP contribution in [0.15, 0.2) is 36.0 Å². The zero-order valence-corrected chi connectivity index (χ0v) is 18.6. The Morgan fingerprint density at radius 3 is 2.61 bits per heavy atom. The van der Waals surface area contributed by atoms with Crippen LogP contribution < -0.4 is 0 Å². The highest BCUT2D eigenvalue weighted by Crippen LogP contribution is 2.68. The third kappa shape index (κ3) is 2.80. The highest BCUT2D eigenvalue weighted by molar-refractivity contribution is 6.01. The van der Waals surface area contributed by atoms with Gasteiger partial charge < -0.3 is 14.9 Å². The Bertz CT molecular complexity index is 915. The molecule has 0 bridgehead atoms. The summed E-state index contributed by atoms with van der Waals surface area (Å²) >= 11 is 0. The number of carbonyl (C=O) groups excluding carboxylic acids is 3. The molecule has 2 fully saturated rings. The highest BCUT2D eigenvalue weighted by atomic mass is 16.6. The Kier molecular flexibility index (Phi) is 5.17. The first kappa shape index (κ1) is 22.2. The quantitative estimate of drug-likeness (QED) is 0.668. The van der Waals surface area contributed by atoms with Gasteiger partial charge in [0.1, 0.15) is 6.61 Å². The monoisotopic (exact) mass is 428 g/mol. The van der Waals surface area contributed by atoms with E-state index in [1.807, 2.05) is 26.0 Å². The topological polar surface area (TPSA) is 101 Å². The maximum absolute atomic E-state index is 13.2. The lowest BCUT2D eigenvalue weighted by Gasteiger charge is -2.58. The standard InChI is InChI=1S/C25H32O6/c1-5-21(30)31-25(20(29)13-26)14(2)10-18-17-7-6-15-11-16(27)8-9-23(15,3)22(17)19(28)12-24(18,25)4/h6-9,11,14,17-19,22,26,28H,5,10,12-13H2,1-4H3/t14?,17-,18-,19?,22+,23-,24-,25-/m0/s1. The molecule has 0 spiro atoms. The summed E-state index contributed by atoms with van der Waals surface area (Å²) in [6, 6.07) is 0. The van der Waals surface area contributed by atoms with Crippen molar-refractivity contribution in [2.75, 3.05) is 6.61 Å². The minimum absolute atomic E-state index is 0.0169. The average Bonchev–Trinajstić information content (AvgIpc) is 2.94. The molecule has 6 heteroatoms. The number of ether oxygens (including phenoxy) is 1. The molecule has 2 N–H and O–H groups in total. The smallest absolute Gasteiger partial charge is 0.306 e. The highest BCUT2D eigenvalue weighted by Gasteiger charge is 2.72. The van der Waals surface area contributed by atoms with Gasteiger partial charge in [-0.2, -0.15) is 0 Å². The van der Waals surface area contributed by atoms with E-state index in [-0.39, 0.29) is 42.3 Å². The third-order valence-electron chi connectivity index (χ3n) is 8.72. The van der Waals surface area contributed by atoms with E-state index < -0.39 is 40.9 Å². The van der Waals surface area contributed by atoms with Crippen molar-refractivity contribution in [1.82, 2.24) is 0 Å². The molecule has 31 heavy (non-hydrogen) atoms. The number of allylic oxidation sites excluding steroid dienone is 6. The molecule has 2 saturated carbocycles. The van der Waals surface area contributed by atoms with Crippen molar-refractivity contribution in [2.45, 2.75) is 58.7 Å². The first-order chi connectivity index (χ1) is 14.5. The predicted octanol–water partition coefficient (Wildman–Crippen LogP) is 2.54. The summed E-state index contributed by atoms with van der Waals surface area (Å²) in [6.07, 6.45) is 9.43. The second kappa shape index (κ2) is 7.24. The second-order valence-corrected chi connectivity index (χ2v) is 10.2. The fourth-order valence-electron chi connectivity index (χ4n) is 7.34. The van der Waals surface area contributed by atoms with E-state index in [4.69, 9.17) is 4.74 Å². The maximum Gasteiger partial charge on any atom is 0.306 e. The number of aliphatic hydroxyl groups excluding tert-OH is 2. The molecule has 0 aliphatic heterocycles. The van der Waals surface area contributed by atoms with Gasteiger partial charge in [-0.3, -0.25) is 14.4 Å². The largest absolute Gasteiger partial charge is 0.450 e. The molecule has 0 saturated heterocycles. The number of aliphatic hydroxyl groups is 2. The Balaban J connectivity index is 1.84. The van der Waals surface area contributed by atoms with Crippen molar-refractivity contribution in [3.8, 4) is 0 Å². The number of Topliss-reactive ketones (excluding diaryl/α,β-unsaturated/α-hetero) is 1. The summed E-state index contributed by atoms with van der Waals surface area (Å²) in [4.78, 5) is 37.5. The van der Waals surface area contributed by atoms with Crippen LogP contribution in [0.1, 0.15) is 47.0 Å². The SMILES string of the molecule is CCC(=O)O[C@]1(C(=O)CO)C(C)C[C@H]2[C@@H]3C=CC4=CC(=O)C=C[C@]4(C)[C@H]3C(O)C[C@@]21C. The Morgan fingerprint density at radius 2 is 1.97 bits per heavy atom. The fourth-order valence-corrected chi connectivity index (χ4v) is 7.34. The lowest BCUT2D eigenvalue weighted by Crippen LogP contribution is -2.63. The molecule has 0 aromatic rings. The fraction of sp³-hybridized carbons (Fsp3) is 0.640. The maximum atomic E-state index is 13.2. The molecule has 168 valence electrons. The van der Waals surface area contributed by atoms with Gasteiger partial charge in [-0.15, -0.1) is 0 Å². The van der Waals surface area contributed by atoms with Crippen LogP contribution in [0.3, 0.4) is 0 Å². The van der Waals surface area contributed by atoms with Crippen molar-refractivity contribution in [3.05, 3.63) is 36.0 Å². The summed E-state index contributed by atoms with van der Waals surface area (Å²) in [6.45, 7) is 6.86. The van der Waals surface area contributed by atoms with E-state index in [9.17, 15) is 24.6 Å². The molecular formula is C25H32O6. The van der Waals surface area contributed by atoms with Gasteiger partial charge in [0.15, 0.2) is 11.4 Å². The molecule has 0 aromatic carbocycles. The molecule has 0 radical (unpaired) electrons. The normalized spacial score (nSPS) is 45.4.